The zero-order chi connectivity index (χ0) is 14.6. The maximum absolute atomic E-state index is 11.7. The minimum Gasteiger partial charge on any atom is -0.481 e. The van der Waals surface area contributed by atoms with Crippen LogP contribution in [-0.2, 0) is 14.2 Å². The van der Waals surface area contributed by atoms with Crippen LogP contribution < -0.4 is 5.73 Å². The second-order valence-corrected chi connectivity index (χ2v) is 7.27. The highest BCUT2D eigenvalue weighted by Crippen LogP contribution is 2.43. The number of hydrogen-bond acceptors (Lipinski definition) is 4. The van der Waals surface area contributed by atoms with Crippen molar-refractivity contribution in [3.8, 4) is 0 Å². The molecule has 0 amide bonds. The Kier molecular flexibility index (Phi) is 5.99. The Hall–Kier alpha value is -0.910. The number of aliphatic carboxylic acids is 2. The highest BCUT2D eigenvalue weighted by atomic mass is 31.2. The predicted molar refractivity (Wildman–Crippen MR) is 65.8 cm³/mol. The van der Waals surface area contributed by atoms with Gasteiger partial charge in [-0.3, -0.25) is 14.2 Å². The fourth-order valence-electron chi connectivity index (χ4n) is 1.38. The summed E-state index contributed by atoms with van der Waals surface area (Å²) in [4.78, 5) is 30.9. The molecule has 0 aliphatic rings. The molecule has 0 aromatic rings. The van der Waals surface area contributed by atoms with Gasteiger partial charge in [0.25, 0.3) is 0 Å². The first-order valence-electron chi connectivity index (χ1n) is 5.56. The van der Waals surface area contributed by atoms with Crippen LogP contribution in [0, 0.1) is 5.92 Å². The van der Waals surface area contributed by atoms with Gasteiger partial charge in [0.05, 0.1) is 6.42 Å². The van der Waals surface area contributed by atoms with Crippen LogP contribution in [0.15, 0.2) is 0 Å². The molecule has 0 aliphatic carbocycles. The summed E-state index contributed by atoms with van der Waals surface area (Å²) < 4.78 is 11.7. The van der Waals surface area contributed by atoms with Crippen LogP contribution in [0.25, 0.3) is 0 Å². The Labute approximate surface area is 105 Å². The number of carbonyl (C=O) groups is 2. The summed E-state index contributed by atoms with van der Waals surface area (Å²) in [6.07, 6.45) is -1.23. The van der Waals surface area contributed by atoms with E-state index in [4.69, 9.17) is 15.9 Å². The molecule has 106 valence electrons. The summed E-state index contributed by atoms with van der Waals surface area (Å²) in [6.45, 7) is 3.24. The molecule has 8 heteroatoms. The zero-order valence-electron chi connectivity index (χ0n) is 10.5. The molecule has 0 saturated carbocycles. The first-order chi connectivity index (χ1) is 8.01. The average molecular weight is 281 g/mol. The normalized spacial score (nSPS) is 18.1. The van der Waals surface area contributed by atoms with E-state index in [0.717, 1.165) is 0 Å². The van der Waals surface area contributed by atoms with Gasteiger partial charge in [-0.2, -0.15) is 0 Å². The van der Waals surface area contributed by atoms with Gasteiger partial charge >= 0.3 is 11.9 Å². The Morgan fingerprint density at radius 2 is 1.78 bits per heavy atom. The van der Waals surface area contributed by atoms with Gasteiger partial charge in [-0.1, -0.05) is 13.8 Å². The van der Waals surface area contributed by atoms with E-state index in [9.17, 15) is 19.0 Å². The van der Waals surface area contributed by atoms with Crippen LogP contribution in [0.3, 0.4) is 0 Å². The molecule has 2 atom stereocenters. The van der Waals surface area contributed by atoms with Crippen LogP contribution in [-0.4, -0.2) is 44.9 Å². The lowest BCUT2D eigenvalue weighted by molar-refractivity contribution is -0.145. The Morgan fingerprint density at radius 1 is 1.28 bits per heavy atom. The molecule has 0 spiro atoms. The molecule has 5 N–H and O–H groups in total. The Morgan fingerprint density at radius 3 is 2.11 bits per heavy atom. The summed E-state index contributed by atoms with van der Waals surface area (Å²) in [5.74, 6) is -2.78. The topological polar surface area (TPSA) is 138 Å². The minimum atomic E-state index is -3.65. The molecule has 2 unspecified atom stereocenters. The van der Waals surface area contributed by atoms with E-state index in [1.807, 2.05) is 0 Å². The molecule has 0 fully saturated rings. The standard InChI is InChI=1S/C10H20NO6P/c1-7(2)10(11,9(14)15)4-6-18(16,17)5-3-8(12)13/h7H,3-6,11H2,1-2H3,(H,12,13)(H,14,15)(H,16,17). The summed E-state index contributed by atoms with van der Waals surface area (Å²) in [5.41, 5.74) is 4.13. The minimum absolute atomic E-state index is 0.159. The van der Waals surface area contributed by atoms with Crippen molar-refractivity contribution in [1.29, 1.82) is 0 Å². The van der Waals surface area contributed by atoms with Gasteiger partial charge < -0.3 is 20.8 Å². The quantitative estimate of drug-likeness (QED) is 0.477. The smallest absolute Gasteiger partial charge is 0.323 e. The van der Waals surface area contributed by atoms with Gasteiger partial charge in [0.1, 0.15) is 5.54 Å². The number of rotatable bonds is 8. The third-order valence-electron chi connectivity index (χ3n) is 2.98. The van der Waals surface area contributed by atoms with Crippen molar-refractivity contribution in [3.63, 3.8) is 0 Å². The lowest BCUT2D eigenvalue weighted by Gasteiger charge is -2.29. The van der Waals surface area contributed by atoms with E-state index in [1.165, 1.54) is 0 Å². The lowest BCUT2D eigenvalue weighted by Crippen LogP contribution is -2.53. The summed E-state index contributed by atoms with van der Waals surface area (Å²) in [6, 6.07) is 0. The zero-order valence-corrected chi connectivity index (χ0v) is 11.4. The number of nitrogens with two attached hydrogens (primary N) is 1. The van der Waals surface area contributed by atoms with Crippen LogP contribution in [0.5, 0.6) is 0 Å². The van der Waals surface area contributed by atoms with E-state index in [1.54, 1.807) is 13.8 Å². The first-order valence-corrected chi connectivity index (χ1v) is 7.59. The van der Waals surface area contributed by atoms with Gasteiger partial charge in [0.15, 0.2) is 0 Å². The largest absolute Gasteiger partial charge is 0.481 e. The molecule has 0 aromatic heterocycles. The maximum Gasteiger partial charge on any atom is 0.323 e. The van der Waals surface area contributed by atoms with Crippen molar-refractivity contribution in [1.82, 2.24) is 0 Å². The van der Waals surface area contributed by atoms with E-state index in [-0.39, 0.29) is 18.7 Å². The van der Waals surface area contributed by atoms with Gasteiger partial charge in [-0.05, 0) is 12.3 Å². The van der Waals surface area contributed by atoms with Crippen molar-refractivity contribution < 1.29 is 29.3 Å². The third-order valence-corrected chi connectivity index (χ3v) is 4.82. The van der Waals surface area contributed by atoms with Crippen molar-refractivity contribution in [2.45, 2.75) is 32.2 Å². The molecule has 0 bridgehead atoms. The maximum atomic E-state index is 11.7. The monoisotopic (exact) mass is 281 g/mol. The second-order valence-electron chi connectivity index (χ2n) is 4.69. The van der Waals surface area contributed by atoms with Crippen molar-refractivity contribution in [2.24, 2.45) is 11.7 Å². The summed E-state index contributed by atoms with van der Waals surface area (Å²) in [7, 11) is -3.65. The number of carboxylic acid groups (broad SMARTS) is 2. The molecule has 0 radical (unpaired) electrons. The molecule has 0 rings (SSSR count). The second kappa shape index (κ2) is 6.31. The van der Waals surface area contributed by atoms with Crippen LogP contribution in [0.1, 0.15) is 26.7 Å². The molecule has 0 aliphatic heterocycles. The Bertz CT molecular complexity index is 369. The summed E-state index contributed by atoms with van der Waals surface area (Å²) >= 11 is 0. The number of carboxylic acids is 2. The molecular weight excluding hydrogens is 261 g/mol. The fourth-order valence-corrected chi connectivity index (χ4v) is 2.87. The van der Waals surface area contributed by atoms with Gasteiger partial charge in [0, 0.05) is 12.3 Å². The van der Waals surface area contributed by atoms with Crippen molar-refractivity contribution in [3.05, 3.63) is 0 Å². The number of hydrogen-bond donors (Lipinski definition) is 4. The molecular formula is C10H20NO6P. The van der Waals surface area contributed by atoms with Crippen molar-refractivity contribution >= 4 is 19.3 Å². The molecule has 0 saturated heterocycles. The van der Waals surface area contributed by atoms with E-state index < -0.39 is 37.2 Å². The SMILES string of the molecule is CC(C)C(N)(CCP(=O)(O)CCC(=O)O)C(=O)O. The van der Waals surface area contributed by atoms with E-state index in [0.29, 0.717) is 0 Å². The first kappa shape index (κ1) is 17.1. The van der Waals surface area contributed by atoms with Gasteiger partial charge in [0.2, 0.25) is 7.37 Å². The predicted octanol–water partition coefficient (Wildman–Crippen LogP) is 0.560. The highest BCUT2D eigenvalue weighted by molar-refractivity contribution is 7.58. The van der Waals surface area contributed by atoms with Crippen LogP contribution in [0.2, 0.25) is 0 Å². The van der Waals surface area contributed by atoms with Gasteiger partial charge in [-0.15, -0.1) is 0 Å². The fraction of sp³-hybridized carbons (Fsp3) is 0.800. The van der Waals surface area contributed by atoms with Crippen LogP contribution >= 0.6 is 7.37 Å². The molecule has 0 heterocycles. The Balaban J connectivity index is 4.58. The van der Waals surface area contributed by atoms with Crippen LogP contribution in [0.4, 0.5) is 0 Å². The van der Waals surface area contributed by atoms with E-state index in [2.05, 4.69) is 0 Å². The van der Waals surface area contributed by atoms with Crippen molar-refractivity contribution in [2.75, 3.05) is 12.3 Å². The molecule has 7 nitrogen and oxygen atoms in total. The lowest BCUT2D eigenvalue weighted by atomic mass is 9.85. The highest BCUT2D eigenvalue weighted by Gasteiger charge is 2.39. The summed E-state index contributed by atoms with van der Waals surface area (Å²) in [5, 5.41) is 17.5. The average Bonchev–Trinajstić information content (AvgIpc) is 2.23. The molecule has 0 aromatic carbocycles. The van der Waals surface area contributed by atoms with E-state index >= 15 is 0 Å². The van der Waals surface area contributed by atoms with Gasteiger partial charge in [-0.25, -0.2) is 0 Å². The third kappa shape index (κ3) is 5.16. The molecule has 18 heavy (non-hydrogen) atoms.